The summed E-state index contributed by atoms with van der Waals surface area (Å²) < 4.78 is 37.8. The molecule has 1 N–H and O–H groups in total. The van der Waals surface area contributed by atoms with Crippen LogP contribution in [-0.2, 0) is 16.1 Å². The maximum Gasteiger partial charge on any atom is 0.126 e. The average molecular weight is 283 g/mol. The van der Waals surface area contributed by atoms with Gasteiger partial charge in [0.15, 0.2) is 0 Å². The van der Waals surface area contributed by atoms with E-state index in [4.69, 9.17) is 9.47 Å². The maximum atomic E-state index is 13.1. The Morgan fingerprint density at radius 2 is 1.90 bits per heavy atom. The Balaban J connectivity index is 1.54. The Labute approximate surface area is 117 Å². The Kier molecular flexibility index (Phi) is 4.01. The molecule has 0 aliphatic carbocycles. The SMILES string of the molecule is Fc1cc(F)cc(COC2COC3(CCNCC3)C2)c1. The monoisotopic (exact) mass is 283 g/mol. The standard InChI is InChI=1S/C15H19F2NO2/c16-12-5-11(6-13(17)7-12)9-19-14-8-15(20-10-14)1-3-18-4-2-15/h5-7,14,18H,1-4,8-10H2. The van der Waals surface area contributed by atoms with E-state index in [1.165, 1.54) is 12.1 Å². The fraction of sp³-hybridized carbons (Fsp3) is 0.600. The van der Waals surface area contributed by atoms with Crippen molar-refractivity contribution in [2.45, 2.75) is 37.6 Å². The molecule has 3 nitrogen and oxygen atoms in total. The van der Waals surface area contributed by atoms with Gasteiger partial charge in [0.25, 0.3) is 0 Å². The van der Waals surface area contributed by atoms with Crippen LogP contribution in [0.25, 0.3) is 0 Å². The van der Waals surface area contributed by atoms with Crippen LogP contribution in [0.3, 0.4) is 0 Å². The van der Waals surface area contributed by atoms with E-state index >= 15 is 0 Å². The molecule has 2 aliphatic rings. The van der Waals surface area contributed by atoms with Crippen molar-refractivity contribution in [1.82, 2.24) is 5.32 Å². The quantitative estimate of drug-likeness (QED) is 0.924. The summed E-state index contributed by atoms with van der Waals surface area (Å²) in [4.78, 5) is 0. The number of hydrogen-bond donors (Lipinski definition) is 1. The first-order valence-electron chi connectivity index (χ1n) is 7.07. The lowest BCUT2D eigenvalue weighted by Crippen LogP contribution is -2.41. The van der Waals surface area contributed by atoms with Crippen molar-refractivity contribution in [3.8, 4) is 0 Å². The Hall–Kier alpha value is -1.04. The van der Waals surface area contributed by atoms with Gasteiger partial charge < -0.3 is 14.8 Å². The summed E-state index contributed by atoms with van der Waals surface area (Å²) in [5.41, 5.74) is 0.470. The zero-order chi connectivity index (χ0) is 14.0. The molecule has 0 saturated carbocycles. The van der Waals surface area contributed by atoms with Crippen LogP contribution in [0, 0.1) is 11.6 Å². The fourth-order valence-corrected chi connectivity index (χ4v) is 3.05. The average Bonchev–Trinajstić information content (AvgIpc) is 2.79. The van der Waals surface area contributed by atoms with E-state index in [1.54, 1.807) is 0 Å². The molecule has 0 aromatic heterocycles. The van der Waals surface area contributed by atoms with Gasteiger partial charge in [0.2, 0.25) is 0 Å². The second kappa shape index (κ2) is 5.76. The van der Waals surface area contributed by atoms with E-state index in [0.717, 1.165) is 38.4 Å². The van der Waals surface area contributed by atoms with Crippen molar-refractivity contribution in [2.24, 2.45) is 0 Å². The third kappa shape index (κ3) is 3.16. The summed E-state index contributed by atoms with van der Waals surface area (Å²) in [5, 5.41) is 3.32. The Morgan fingerprint density at radius 1 is 1.20 bits per heavy atom. The molecule has 1 aromatic carbocycles. The van der Waals surface area contributed by atoms with Gasteiger partial charge >= 0.3 is 0 Å². The molecular weight excluding hydrogens is 264 g/mol. The molecule has 2 saturated heterocycles. The highest BCUT2D eigenvalue weighted by atomic mass is 19.1. The van der Waals surface area contributed by atoms with Crippen molar-refractivity contribution < 1.29 is 18.3 Å². The van der Waals surface area contributed by atoms with E-state index in [2.05, 4.69) is 5.32 Å². The van der Waals surface area contributed by atoms with Gasteiger partial charge in [0, 0.05) is 12.5 Å². The molecule has 20 heavy (non-hydrogen) atoms. The minimum atomic E-state index is -0.568. The molecule has 1 aromatic rings. The Morgan fingerprint density at radius 3 is 2.60 bits per heavy atom. The third-order valence-electron chi connectivity index (χ3n) is 4.10. The van der Waals surface area contributed by atoms with Gasteiger partial charge in [-0.1, -0.05) is 0 Å². The molecule has 2 heterocycles. The summed E-state index contributed by atoms with van der Waals surface area (Å²) >= 11 is 0. The molecule has 1 spiro atoms. The molecule has 0 bridgehead atoms. The van der Waals surface area contributed by atoms with Gasteiger partial charge in [-0.2, -0.15) is 0 Å². The van der Waals surface area contributed by atoms with E-state index in [1.807, 2.05) is 0 Å². The Bertz CT molecular complexity index is 455. The molecule has 110 valence electrons. The highest BCUT2D eigenvalue weighted by Crippen LogP contribution is 2.35. The van der Waals surface area contributed by atoms with E-state index < -0.39 is 11.6 Å². The number of nitrogens with one attached hydrogen (secondary N) is 1. The predicted molar refractivity (Wildman–Crippen MR) is 70.3 cm³/mol. The molecule has 2 aliphatic heterocycles. The number of benzene rings is 1. The molecule has 5 heteroatoms. The van der Waals surface area contributed by atoms with E-state index in [0.29, 0.717) is 12.2 Å². The highest BCUT2D eigenvalue weighted by molar-refractivity contribution is 5.17. The topological polar surface area (TPSA) is 30.5 Å². The van der Waals surface area contributed by atoms with Crippen LogP contribution < -0.4 is 5.32 Å². The van der Waals surface area contributed by atoms with Crippen molar-refractivity contribution in [3.05, 3.63) is 35.4 Å². The second-order valence-corrected chi connectivity index (χ2v) is 5.66. The summed E-state index contributed by atoms with van der Waals surface area (Å²) in [5.74, 6) is -1.14. The third-order valence-corrected chi connectivity index (χ3v) is 4.10. The smallest absolute Gasteiger partial charge is 0.126 e. The summed E-state index contributed by atoms with van der Waals surface area (Å²) in [6.45, 7) is 2.73. The van der Waals surface area contributed by atoms with E-state index in [-0.39, 0.29) is 18.3 Å². The molecule has 0 radical (unpaired) electrons. The summed E-state index contributed by atoms with van der Waals surface area (Å²) in [6, 6.07) is 3.48. The number of halogens is 2. The van der Waals surface area contributed by atoms with Gasteiger partial charge in [-0.3, -0.25) is 0 Å². The van der Waals surface area contributed by atoms with Crippen molar-refractivity contribution in [2.75, 3.05) is 19.7 Å². The highest BCUT2D eigenvalue weighted by Gasteiger charge is 2.41. The van der Waals surface area contributed by atoms with Crippen molar-refractivity contribution in [3.63, 3.8) is 0 Å². The van der Waals surface area contributed by atoms with Crippen LogP contribution in [-0.4, -0.2) is 31.4 Å². The minimum absolute atomic E-state index is 0.0134. The van der Waals surface area contributed by atoms with Crippen LogP contribution in [0.5, 0.6) is 0 Å². The van der Waals surface area contributed by atoms with E-state index in [9.17, 15) is 8.78 Å². The maximum absolute atomic E-state index is 13.1. The summed E-state index contributed by atoms with van der Waals surface area (Å²) in [7, 11) is 0. The van der Waals surface area contributed by atoms with Crippen LogP contribution in [0.1, 0.15) is 24.8 Å². The molecule has 3 rings (SSSR count). The number of piperidine rings is 1. The van der Waals surface area contributed by atoms with Gasteiger partial charge in [-0.05, 0) is 43.6 Å². The lowest BCUT2D eigenvalue weighted by molar-refractivity contribution is -0.0241. The van der Waals surface area contributed by atoms with Gasteiger partial charge in [-0.15, -0.1) is 0 Å². The number of ether oxygens (including phenoxy) is 2. The van der Waals surface area contributed by atoms with Crippen molar-refractivity contribution in [1.29, 1.82) is 0 Å². The zero-order valence-corrected chi connectivity index (χ0v) is 11.3. The molecule has 2 fully saturated rings. The van der Waals surface area contributed by atoms with Gasteiger partial charge in [0.05, 0.1) is 24.9 Å². The van der Waals surface area contributed by atoms with Crippen molar-refractivity contribution >= 4 is 0 Å². The number of hydrogen-bond acceptors (Lipinski definition) is 3. The first kappa shape index (κ1) is 13.9. The lowest BCUT2D eigenvalue weighted by Gasteiger charge is -2.32. The molecule has 1 unspecified atom stereocenters. The predicted octanol–water partition coefficient (Wildman–Crippen LogP) is 2.39. The first-order chi connectivity index (χ1) is 9.65. The second-order valence-electron chi connectivity index (χ2n) is 5.66. The first-order valence-corrected chi connectivity index (χ1v) is 7.07. The van der Waals surface area contributed by atoms with Crippen LogP contribution in [0.2, 0.25) is 0 Å². The zero-order valence-electron chi connectivity index (χ0n) is 11.3. The molecular formula is C15H19F2NO2. The van der Waals surface area contributed by atoms with Crippen LogP contribution in [0.4, 0.5) is 8.78 Å². The lowest BCUT2D eigenvalue weighted by atomic mass is 9.89. The molecule has 0 amide bonds. The van der Waals surface area contributed by atoms with Crippen LogP contribution >= 0.6 is 0 Å². The molecule has 1 atom stereocenters. The summed E-state index contributed by atoms with van der Waals surface area (Å²) in [6.07, 6.45) is 2.88. The van der Waals surface area contributed by atoms with Crippen LogP contribution in [0.15, 0.2) is 18.2 Å². The van der Waals surface area contributed by atoms with Gasteiger partial charge in [0.1, 0.15) is 11.6 Å². The minimum Gasteiger partial charge on any atom is -0.372 e. The largest absolute Gasteiger partial charge is 0.372 e. The number of rotatable bonds is 3. The normalized spacial score (nSPS) is 25.2. The van der Waals surface area contributed by atoms with Gasteiger partial charge in [-0.25, -0.2) is 8.78 Å². The fourth-order valence-electron chi connectivity index (χ4n) is 3.05.